The van der Waals surface area contributed by atoms with Gasteiger partial charge >= 0.3 is 0 Å². The van der Waals surface area contributed by atoms with E-state index < -0.39 is 12.0 Å². The molecule has 1 saturated heterocycles. The average molecular weight is 319 g/mol. The Morgan fingerprint density at radius 3 is 2.67 bits per heavy atom. The molecule has 0 aromatic heterocycles. The van der Waals surface area contributed by atoms with Gasteiger partial charge in [-0.1, -0.05) is 23.7 Å². The van der Waals surface area contributed by atoms with E-state index in [-0.39, 0.29) is 32.0 Å². The largest absolute Gasteiger partial charge is 0.383 e. The maximum absolute atomic E-state index is 12.6. The summed E-state index contributed by atoms with van der Waals surface area (Å²) in [6.45, 7) is 0.458. The molecule has 1 atom stereocenters. The van der Waals surface area contributed by atoms with Gasteiger partial charge in [-0.3, -0.25) is 9.69 Å². The summed E-state index contributed by atoms with van der Waals surface area (Å²) >= 11 is 5.76. The maximum Gasteiger partial charge on any atom is 0.268 e. The van der Waals surface area contributed by atoms with Crippen molar-refractivity contribution >= 4 is 17.5 Å². The molecule has 0 aliphatic carbocycles. The summed E-state index contributed by atoms with van der Waals surface area (Å²) in [6, 6.07) is 7.06. The van der Waals surface area contributed by atoms with E-state index in [9.17, 15) is 18.7 Å². The molecule has 1 amide bonds. The molecular formula is C14H17ClF2N2O2. The molecule has 1 aliphatic heterocycles. The van der Waals surface area contributed by atoms with Crippen molar-refractivity contribution in [3.63, 3.8) is 0 Å². The van der Waals surface area contributed by atoms with Gasteiger partial charge in [0, 0.05) is 24.7 Å². The van der Waals surface area contributed by atoms with Crippen molar-refractivity contribution in [2.75, 3.05) is 19.6 Å². The molecule has 0 bridgehead atoms. The average Bonchev–Trinajstić information content (AvgIpc) is 2.81. The number of hydrogen-bond donors (Lipinski definition) is 2. The zero-order chi connectivity index (χ0) is 15.5. The number of hydrogen-bond acceptors (Lipinski definition) is 3. The van der Waals surface area contributed by atoms with E-state index in [1.165, 1.54) is 4.90 Å². The predicted molar refractivity (Wildman–Crippen MR) is 75.3 cm³/mol. The number of rotatable bonds is 5. The topological polar surface area (TPSA) is 52.6 Å². The van der Waals surface area contributed by atoms with Crippen molar-refractivity contribution in [3.8, 4) is 0 Å². The fourth-order valence-corrected chi connectivity index (χ4v) is 2.40. The third-order valence-electron chi connectivity index (χ3n) is 3.53. The van der Waals surface area contributed by atoms with Gasteiger partial charge in [-0.25, -0.2) is 8.78 Å². The van der Waals surface area contributed by atoms with Crippen LogP contribution in [-0.2, 0) is 11.3 Å². The Hall–Kier alpha value is -1.24. The lowest BCUT2D eigenvalue weighted by Gasteiger charge is -2.22. The number of carbonyl (C=O) groups excluding carboxylic acids is 1. The first-order valence-corrected chi connectivity index (χ1v) is 7.01. The Morgan fingerprint density at radius 1 is 1.43 bits per heavy atom. The molecule has 0 radical (unpaired) electrons. The number of nitrogens with zero attached hydrogens (tertiary/aromatic N) is 1. The third kappa shape index (κ3) is 4.36. The molecule has 1 aromatic rings. The normalized spacial score (nSPS) is 22.7. The van der Waals surface area contributed by atoms with Crippen LogP contribution in [0.15, 0.2) is 24.3 Å². The number of alkyl halides is 2. The second kappa shape index (κ2) is 6.68. The van der Waals surface area contributed by atoms with Crippen LogP contribution >= 0.6 is 11.6 Å². The fourth-order valence-electron chi connectivity index (χ4n) is 2.27. The lowest BCUT2D eigenvalue weighted by atomic mass is 10.1. The van der Waals surface area contributed by atoms with E-state index in [1.54, 1.807) is 24.3 Å². The smallest absolute Gasteiger partial charge is 0.268 e. The summed E-state index contributed by atoms with van der Waals surface area (Å²) in [7, 11) is 0. The summed E-state index contributed by atoms with van der Waals surface area (Å²) in [5, 5.41) is 13.0. The lowest BCUT2D eigenvalue weighted by molar-refractivity contribution is -0.123. The van der Waals surface area contributed by atoms with Crippen LogP contribution in [0.4, 0.5) is 8.78 Å². The molecule has 116 valence electrons. The van der Waals surface area contributed by atoms with Gasteiger partial charge in [-0.05, 0) is 24.1 Å². The molecule has 21 heavy (non-hydrogen) atoms. The highest BCUT2D eigenvalue weighted by Gasteiger charge is 2.44. The van der Waals surface area contributed by atoms with Crippen LogP contribution in [-0.4, -0.2) is 47.6 Å². The highest BCUT2D eigenvalue weighted by molar-refractivity contribution is 6.30. The van der Waals surface area contributed by atoms with Gasteiger partial charge in [0.2, 0.25) is 5.91 Å². The number of benzene rings is 1. The molecule has 1 heterocycles. The Kier molecular flexibility index (Phi) is 5.13. The molecule has 1 aliphatic rings. The predicted octanol–water partition coefficient (Wildman–Crippen LogP) is 1.66. The van der Waals surface area contributed by atoms with Crippen LogP contribution in [0.25, 0.3) is 0 Å². The van der Waals surface area contributed by atoms with Gasteiger partial charge in [0.1, 0.15) is 5.60 Å². The number of nitrogens with one attached hydrogen (secondary N) is 1. The number of halogens is 3. The first-order valence-electron chi connectivity index (χ1n) is 6.63. The molecular weight excluding hydrogens is 302 g/mol. The van der Waals surface area contributed by atoms with Crippen molar-refractivity contribution in [2.45, 2.75) is 25.0 Å². The van der Waals surface area contributed by atoms with Crippen LogP contribution < -0.4 is 5.32 Å². The minimum absolute atomic E-state index is 0.00260. The molecule has 0 saturated carbocycles. The van der Waals surface area contributed by atoms with Crippen LogP contribution in [0, 0.1) is 0 Å². The number of likely N-dealkylation sites (tertiary alicyclic amines) is 1. The zero-order valence-corrected chi connectivity index (χ0v) is 12.1. The Balaban J connectivity index is 1.77. The van der Waals surface area contributed by atoms with Gasteiger partial charge in [0.25, 0.3) is 6.43 Å². The van der Waals surface area contributed by atoms with Gasteiger partial charge < -0.3 is 10.4 Å². The lowest BCUT2D eigenvalue weighted by Crippen LogP contribution is -2.42. The van der Waals surface area contributed by atoms with Crippen molar-refractivity contribution in [1.82, 2.24) is 10.2 Å². The first kappa shape index (κ1) is 16.1. The van der Waals surface area contributed by atoms with Crippen LogP contribution in [0.3, 0.4) is 0 Å². The standard InChI is InChI=1S/C14H17ClF2N2O2/c15-11-3-1-10(2-4-11)7-18-12(20)8-19-6-5-14(21,9-19)13(16)17/h1-4,13,21H,5-9H2,(H,18,20). The molecule has 4 nitrogen and oxygen atoms in total. The van der Waals surface area contributed by atoms with Gasteiger partial charge in [-0.2, -0.15) is 0 Å². The molecule has 2 N–H and O–H groups in total. The molecule has 1 unspecified atom stereocenters. The highest BCUT2D eigenvalue weighted by Crippen LogP contribution is 2.27. The third-order valence-corrected chi connectivity index (χ3v) is 3.79. The van der Waals surface area contributed by atoms with Gasteiger partial charge in [0.05, 0.1) is 6.54 Å². The molecule has 2 rings (SSSR count). The summed E-state index contributed by atoms with van der Waals surface area (Å²) in [5.74, 6) is -0.261. The Morgan fingerprint density at radius 2 is 2.10 bits per heavy atom. The van der Waals surface area contributed by atoms with E-state index in [2.05, 4.69) is 5.32 Å². The highest BCUT2D eigenvalue weighted by atomic mass is 35.5. The summed E-state index contributed by atoms with van der Waals surface area (Å²) in [5.41, 5.74) is -1.09. The van der Waals surface area contributed by atoms with E-state index in [1.807, 2.05) is 0 Å². The minimum atomic E-state index is -2.79. The number of carbonyl (C=O) groups is 1. The summed E-state index contributed by atoms with van der Waals surface area (Å²) in [6.07, 6.45) is -2.81. The Bertz CT molecular complexity index is 498. The molecule has 1 fully saturated rings. The van der Waals surface area contributed by atoms with Crippen LogP contribution in [0.1, 0.15) is 12.0 Å². The second-order valence-electron chi connectivity index (χ2n) is 5.27. The van der Waals surface area contributed by atoms with Crippen molar-refractivity contribution in [1.29, 1.82) is 0 Å². The Labute approximate surface area is 126 Å². The van der Waals surface area contributed by atoms with Gasteiger partial charge in [-0.15, -0.1) is 0 Å². The number of amides is 1. The second-order valence-corrected chi connectivity index (χ2v) is 5.70. The molecule has 1 aromatic carbocycles. The van der Waals surface area contributed by atoms with E-state index in [0.29, 0.717) is 11.6 Å². The van der Waals surface area contributed by atoms with E-state index >= 15 is 0 Å². The van der Waals surface area contributed by atoms with Crippen molar-refractivity contribution in [2.24, 2.45) is 0 Å². The maximum atomic E-state index is 12.6. The van der Waals surface area contributed by atoms with Crippen LogP contribution in [0.5, 0.6) is 0 Å². The number of aliphatic hydroxyl groups is 1. The quantitative estimate of drug-likeness (QED) is 0.868. The summed E-state index contributed by atoms with van der Waals surface area (Å²) in [4.78, 5) is 13.3. The number of β-amino-alcohol motifs (C(OH)–C–C–N with tert-alkyl or cyclic N) is 1. The van der Waals surface area contributed by atoms with E-state index in [4.69, 9.17) is 11.6 Å². The monoisotopic (exact) mass is 318 g/mol. The molecule has 0 spiro atoms. The molecule has 7 heteroatoms. The SMILES string of the molecule is O=C(CN1CCC(O)(C(F)F)C1)NCc1ccc(Cl)cc1. The fraction of sp³-hybridized carbons (Fsp3) is 0.500. The minimum Gasteiger partial charge on any atom is -0.383 e. The van der Waals surface area contributed by atoms with Crippen LogP contribution in [0.2, 0.25) is 5.02 Å². The summed E-state index contributed by atoms with van der Waals surface area (Å²) < 4.78 is 25.3. The first-order chi connectivity index (χ1) is 9.89. The van der Waals surface area contributed by atoms with Gasteiger partial charge in [0.15, 0.2) is 0 Å². The van der Waals surface area contributed by atoms with Crippen molar-refractivity contribution in [3.05, 3.63) is 34.9 Å². The zero-order valence-electron chi connectivity index (χ0n) is 11.4. The van der Waals surface area contributed by atoms with E-state index in [0.717, 1.165) is 5.56 Å². The van der Waals surface area contributed by atoms with Crippen molar-refractivity contribution < 1.29 is 18.7 Å².